The lowest BCUT2D eigenvalue weighted by molar-refractivity contribution is 0.254. The molecule has 128 valence electrons. The van der Waals surface area contributed by atoms with Gasteiger partial charge in [-0.25, -0.2) is 0 Å². The molecule has 0 bridgehead atoms. The zero-order chi connectivity index (χ0) is 16.9. The van der Waals surface area contributed by atoms with Crippen LogP contribution in [0.5, 0.6) is 0 Å². The summed E-state index contributed by atoms with van der Waals surface area (Å²) >= 11 is 0. The predicted molar refractivity (Wildman–Crippen MR) is 84.9 cm³/mol. The van der Waals surface area contributed by atoms with E-state index in [0.29, 0.717) is 0 Å². The molecule has 0 aromatic rings. The largest absolute Gasteiger partial charge is 0.400 e. The lowest BCUT2D eigenvalue weighted by atomic mass is 10.1. The van der Waals surface area contributed by atoms with Crippen molar-refractivity contribution < 1.29 is 25.6 Å². The summed E-state index contributed by atoms with van der Waals surface area (Å²) in [7, 11) is -10.0. The predicted octanol–water partition coefficient (Wildman–Crippen LogP) is 3.47. The van der Waals surface area contributed by atoms with Crippen LogP contribution in [-0.4, -0.2) is 27.5 Å². The Morgan fingerprint density at radius 3 is 1.90 bits per heavy atom. The molecular weight excluding hydrogens is 316 g/mol. The summed E-state index contributed by atoms with van der Waals surface area (Å²) in [6, 6.07) is 0. The Morgan fingerprint density at radius 1 is 1.05 bits per heavy atom. The molecule has 0 aliphatic carbocycles. The van der Waals surface area contributed by atoms with Crippen molar-refractivity contribution in [1.82, 2.24) is 0 Å². The third-order valence-electron chi connectivity index (χ3n) is 2.28. The Bertz CT molecular complexity index is 463. The van der Waals surface area contributed by atoms with Gasteiger partial charge in [0.15, 0.2) is 0 Å². The first-order valence-corrected chi connectivity index (χ1v) is 10.5. The molecule has 1 N–H and O–H groups in total. The molecule has 0 rings (SSSR count). The van der Waals surface area contributed by atoms with Crippen molar-refractivity contribution >= 4 is 18.3 Å². The SMILES string of the molecule is CC(C)OS(=O)(=O)S(=O)(=O)O.CC=CCCCCCCC. The summed E-state index contributed by atoms with van der Waals surface area (Å²) in [5.74, 6) is 0. The second-order valence-electron chi connectivity index (χ2n) is 4.75. The van der Waals surface area contributed by atoms with Gasteiger partial charge in [-0.05, 0) is 33.6 Å². The molecular formula is C13H28O6S2. The molecule has 0 atom stereocenters. The van der Waals surface area contributed by atoms with Gasteiger partial charge in [0, 0.05) is 0 Å². The van der Waals surface area contributed by atoms with E-state index in [1.54, 1.807) is 0 Å². The zero-order valence-corrected chi connectivity index (χ0v) is 14.9. The lowest BCUT2D eigenvalue weighted by Crippen LogP contribution is -2.20. The van der Waals surface area contributed by atoms with Crippen LogP contribution < -0.4 is 0 Å². The van der Waals surface area contributed by atoms with E-state index in [2.05, 4.69) is 30.2 Å². The molecule has 0 spiro atoms. The Labute approximate surface area is 128 Å². The molecule has 0 unspecified atom stereocenters. The fourth-order valence-electron chi connectivity index (χ4n) is 1.32. The molecule has 0 aliphatic rings. The fourth-order valence-corrected chi connectivity index (χ4v) is 2.66. The van der Waals surface area contributed by atoms with E-state index in [9.17, 15) is 16.8 Å². The maximum Gasteiger partial charge on any atom is 0.400 e. The van der Waals surface area contributed by atoms with Crippen molar-refractivity contribution in [3.8, 4) is 0 Å². The van der Waals surface area contributed by atoms with Crippen LogP contribution in [0.3, 0.4) is 0 Å². The average Bonchev–Trinajstić information content (AvgIpc) is 2.31. The smallest absolute Gasteiger partial charge is 0.272 e. The highest BCUT2D eigenvalue weighted by Crippen LogP contribution is 2.05. The summed E-state index contributed by atoms with van der Waals surface area (Å²) in [6.07, 6.45) is 11.8. The normalized spacial score (nSPS) is 12.5. The third kappa shape index (κ3) is 14.3. The molecule has 0 amide bonds. The molecule has 0 heterocycles. The van der Waals surface area contributed by atoms with Gasteiger partial charge in [-0.3, -0.25) is 8.74 Å². The van der Waals surface area contributed by atoms with Gasteiger partial charge in [-0.2, -0.15) is 16.8 Å². The maximum absolute atomic E-state index is 10.4. The first-order chi connectivity index (χ1) is 9.58. The van der Waals surface area contributed by atoms with Crippen molar-refractivity contribution in [1.29, 1.82) is 0 Å². The van der Waals surface area contributed by atoms with Crippen LogP contribution in [0.4, 0.5) is 0 Å². The van der Waals surface area contributed by atoms with Crippen LogP contribution in [0.2, 0.25) is 0 Å². The monoisotopic (exact) mass is 344 g/mol. The molecule has 0 radical (unpaired) electrons. The minimum absolute atomic E-state index is 0.818. The highest BCUT2D eigenvalue weighted by atomic mass is 33.2. The minimum Gasteiger partial charge on any atom is -0.272 e. The Balaban J connectivity index is 0. The standard InChI is InChI=1S/C10H20.C3H8O6S2/c1-3-5-7-9-10-8-6-4-2;1-3(2)9-11(7,8)10(4,5)6/h3,5H,4,6-10H2,1-2H3;3H,1-2H3,(H,4,5,6). The van der Waals surface area contributed by atoms with E-state index in [1.165, 1.54) is 52.4 Å². The van der Waals surface area contributed by atoms with Crippen LogP contribution >= 0.6 is 0 Å². The maximum atomic E-state index is 10.4. The third-order valence-corrected chi connectivity index (χ3v) is 5.20. The van der Waals surface area contributed by atoms with Gasteiger partial charge < -0.3 is 0 Å². The Kier molecular flexibility index (Phi) is 13.2. The van der Waals surface area contributed by atoms with E-state index < -0.39 is 24.4 Å². The van der Waals surface area contributed by atoms with Crippen LogP contribution in [0.25, 0.3) is 0 Å². The molecule has 0 saturated carbocycles. The van der Waals surface area contributed by atoms with Crippen molar-refractivity contribution in [2.24, 2.45) is 0 Å². The summed E-state index contributed by atoms with van der Waals surface area (Å²) in [5.41, 5.74) is 0. The van der Waals surface area contributed by atoms with Crippen LogP contribution in [0, 0.1) is 0 Å². The Morgan fingerprint density at radius 2 is 1.57 bits per heavy atom. The van der Waals surface area contributed by atoms with Gasteiger partial charge in [-0.1, -0.05) is 44.8 Å². The number of allylic oxidation sites excluding steroid dienone is 2. The summed E-state index contributed by atoms with van der Waals surface area (Å²) < 4.78 is 52.9. The lowest BCUT2D eigenvalue weighted by Gasteiger charge is -2.03. The quantitative estimate of drug-likeness (QED) is 0.298. The molecule has 0 saturated heterocycles. The van der Waals surface area contributed by atoms with Crippen LogP contribution in [0.15, 0.2) is 12.2 Å². The molecule has 0 aromatic carbocycles. The molecule has 0 aromatic heterocycles. The van der Waals surface area contributed by atoms with Crippen molar-refractivity contribution in [3.05, 3.63) is 12.2 Å². The van der Waals surface area contributed by atoms with Crippen LogP contribution in [0.1, 0.15) is 66.2 Å². The number of unbranched alkanes of at least 4 members (excludes halogenated alkanes) is 5. The zero-order valence-electron chi connectivity index (χ0n) is 13.3. The topological polar surface area (TPSA) is 97.7 Å². The number of rotatable bonds is 9. The van der Waals surface area contributed by atoms with Gasteiger partial charge in [0.2, 0.25) is 0 Å². The minimum atomic E-state index is -5.15. The van der Waals surface area contributed by atoms with Crippen molar-refractivity contribution in [3.63, 3.8) is 0 Å². The van der Waals surface area contributed by atoms with Gasteiger partial charge in [0.05, 0.1) is 6.10 Å². The molecule has 21 heavy (non-hydrogen) atoms. The highest BCUT2D eigenvalue weighted by Gasteiger charge is 2.29. The van der Waals surface area contributed by atoms with Crippen molar-refractivity contribution in [2.75, 3.05) is 0 Å². The Hall–Kier alpha value is -0.440. The van der Waals surface area contributed by atoms with Crippen LogP contribution in [-0.2, 0) is 22.5 Å². The first kappa shape index (κ1) is 22.8. The fraction of sp³-hybridized carbons (Fsp3) is 0.846. The summed E-state index contributed by atoms with van der Waals surface area (Å²) in [4.78, 5) is 0. The van der Waals surface area contributed by atoms with E-state index in [-0.39, 0.29) is 0 Å². The highest BCUT2D eigenvalue weighted by molar-refractivity contribution is 8.63. The van der Waals surface area contributed by atoms with E-state index in [1.807, 2.05) is 0 Å². The average molecular weight is 344 g/mol. The molecule has 0 aliphatic heterocycles. The van der Waals surface area contributed by atoms with E-state index in [0.717, 1.165) is 0 Å². The van der Waals surface area contributed by atoms with Crippen molar-refractivity contribution in [2.45, 2.75) is 72.3 Å². The van der Waals surface area contributed by atoms with Gasteiger partial charge >= 0.3 is 18.3 Å². The summed E-state index contributed by atoms with van der Waals surface area (Å²) in [5, 5.41) is 0. The molecule has 8 heteroatoms. The van der Waals surface area contributed by atoms with Gasteiger partial charge in [0.1, 0.15) is 0 Å². The molecule has 6 nitrogen and oxygen atoms in total. The first-order valence-electron chi connectivity index (χ1n) is 7.10. The van der Waals surface area contributed by atoms with Gasteiger partial charge in [-0.15, -0.1) is 0 Å². The second kappa shape index (κ2) is 12.1. The second-order valence-corrected chi connectivity index (χ2v) is 9.11. The van der Waals surface area contributed by atoms with Gasteiger partial charge in [0.25, 0.3) is 0 Å². The summed E-state index contributed by atoms with van der Waals surface area (Å²) in [6.45, 7) is 6.99. The molecule has 0 fully saturated rings. The number of hydrogen-bond acceptors (Lipinski definition) is 5. The number of hydrogen-bond donors (Lipinski definition) is 1. The van der Waals surface area contributed by atoms with E-state index >= 15 is 0 Å². The van der Waals surface area contributed by atoms with E-state index in [4.69, 9.17) is 4.55 Å².